The minimum atomic E-state index is -1.12. The van der Waals surface area contributed by atoms with E-state index in [1.54, 1.807) is 6.08 Å². The Hall–Kier alpha value is -3.41. The highest BCUT2D eigenvalue weighted by Crippen LogP contribution is 2.46. The second-order valence-electron chi connectivity index (χ2n) is 9.39. The molecule has 0 radical (unpaired) electrons. The molecular weight excluding hydrogens is 414 g/mol. The van der Waals surface area contributed by atoms with Crippen LogP contribution in [0.1, 0.15) is 51.2 Å². The van der Waals surface area contributed by atoms with Crippen molar-refractivity contribution in [1.29, 1.82) is 0 Å². The summed E-state index contributed by atoms with van der Waals surface area (Å²) in [5.74, 6) is -0.637. The number of imide groups is 1. The Kier molecular flexibility index (Phi) is 5.87. The number of carbonyl (C=O) groups is 3. The normalized spacial score (nSPS) is 22.6. The molecule has 4 rings (SSSR count). The molecule has 1 unspecified atom stereocenters. The molecule has 1 atom stereocenters. The molecule has 1 fully saturated rings. The highest BCUT2D eigenvalue weighted by Gasteiger charge is 2.52. The molecule has 1 N–H and O–H groups in total. The van der Waals surface area contributed by atoms with Crippen LogP contribution in [0.15, 0.2) is 66.4 Å². The maximum absolute atomic E-state index is 13.5. The van der Waals surface area contributed by atoms with Gasteiger partial charge >= 0.3 is 6.03 Å². The first-order valence-corrected chi connectivity index (χ1v) is 11.5. The third-order valence-corrected chi connectivity index (χ3v) is 6.90. The molecule has 2 aromatic rings. The fourth-order valence-corrected chi connectivity index (χ4v) is 5.06. The van der Waals surface area contributed by atoms with Crippen molar-refractivity contribution in [3.8, 4) is 0 Å². The van der Waals surface area contributed by atoms with Crippen molar-refractivity contribution in [1.82, 2.24) is 10.2 Å². The van der Waals surface area contributed by atoms with E-state index in [9.17, 15) is 14.4 Å². The molecule has 172 valence electrons. The van der Waals surface area contributed by atoms with Crippen molar-refractivity contribution >= 4 is 23.4 Å². The number of nitrogens with zero attached hydrogens (tertiary/aromatic N) is 2. The van der Waals surface area contributed by atoms with E-state index in [-0.39, 0.29) is 23.7 Å². The zero-order valence-corrected chi connectivity index (χ0v) is 19.7. The molecule has 6 nitrogen and oxygen atoms in total. The van der Waals surface area contributed by atoms with Crippen molar-refractivity contribution in [3.05, 3.63) is 77.5 Å². The lowest BCUT2D eigenvalue weighted by Crippen LogP contribution is -2.44. The van der Waals surface area contributed by atoms with E-state index >= 15 is 0 Å². The van der Waals surface area contributed by atoms with Gasteiger partial charge < -0.3 is 10.2 Å². The average molecular weight is 446 g/mol. The van der Waals surface area contributed by atoms with E-state index in [0.717, 1.165) is 40.3 Å². The lowest BCUT2D eigenvalue weighted by Gasteiger charge is -2.27. The number of ketones is 1. The number of carbonyl (C=O) groups excluding carboxylic acids is 3. The number of amides is 3. The number of unbranched alkanes of at least 4 members (excludes halogenated alkanes) is 1. The van der Waals surface area contributed by atoms with Crippen LogP contribution in [0.2, 0.25) is 0 Å². The van der Waals surface area contributed by atoms with Crippen LogP contribution >= 0.6 is 0 Å². The van der Waals surface area contributed by atoms with Gasteiger partial charge in [-0.1, -0.05) is 82.1 Å². The van der Waals surface area contributed by atoms with Gasteiger partial charge in [0.05, 0.1) is 6.54 Å². The van der Waals surface area contributed by atoms with Gasteiger partial charge in [-0.2, -0.15) is 0 Å². The summed E-state index contributed by atoms with van der Waals surface area (Å²) >= 11 is 0. The molecule has 0 spiro atoms. The van der Waals surface area contributed by atoms with E-state index < -0.39 is 11.6 Å². The predicted molar refractivity (Wildman–Crippen MR) is 129 cm³/mol. The SMILES string of the molecule is CCCCC1(c2ccccc2)NC(=O)N(CC(=O)/C=C2\N(C)c3ccccc3C2(C)C)C1=O. The van der Waals surface area contributed by atoms with Gasteiger partial charge in [-0.25, -0.2) is 4.79 Å². The largest absolute Gasteiger partial charge is 0.347 e. The fourth-order valence-electron chi connectivity index (χ4n) is 5.06. The zero-order valence-electron chi connectivity index (χ0n) is 19.7. The van der Waals surface area contributed by atoms with Crippen molar-refractivity contribution in [2.45, 2.75) is 51.0 Å². The van der Waals surface area contributed by atoms with Crippen molar-refractivity contribution in [2.75, 3.05) is 18.5 Å². The van der Waals surface area contributed by atoms with E-state index in [4.69, 9.17) is 0 Å². The smallest absolute Gasteiger partial charge is 0.325 e. The minimum absolute atomic E-state index is 0.277. The molecular formula is C27H31N3O3. The monoisotopic (exact) mass is 445 g/mol. The summed E-state index contributed by atoms with van der Waals surface area (Å²) in [5, 5.41) is 2.91. The topological polar surface area (TPSA) is 69.7 Å². The van der Waals surface area contributed by atoms with Gasteiger partial charge in [-0.05, 0) is 23.6 Å². The molecule has 2 aliphatic rings. The van der Waals surface area contributed by atoms with Gasteiger partial charge in [-0.15, -0.1) is 0 Å². The lowest BCUT2D eigenvalue weighted by atomic mass is 9.83. The Balaban J connectivity index is 1.60. The first-order chi connectivity index (χ1) is 15.7. The first-order valence-electron chi connectivity index (χ1n) is 11.5. The maximum Gasteiger partial charge on any atom is 0.325 e. The van der Waals surface area contributed by atoms with E-state index in [1.165, 1.54) is 0 Å². The minimum Gasteiger partial charge on any atom is -0.347 e. The number of likely N-dealkylation sites (N-methyl/N-ethyl adjacent to an activating group) is 1. The number of rotatable bonds is 7. The van der Waals surface area contributed by atoms with Crippen LogP contribution in [0.3, 0.4) is 0 Å². The fraction of sp³-hybridized carbons (Fsp3) is 0.370. The van der Waals surface area contributed by atoms with Crippen LogP contribution in [0.25, 0.3) is 0 Å². The number of urea groups is 1. The summed E-state index contributed by atoms with van der Waals surface area (Å²) in [7, 11) is 1.94. The highest BCUT2D eigenvalue weighted by atomic mass is 16.2. The van der Waals surface area contributed by atoms with Gasteiger partial charge in [0, 0.05) is 29.9 Å². The van der Waals surface area contributed by atoms with Crippen LogP contribution in [0.5, 0.6) is 0 Å². The Morgan fingerprint density at radius 2 is 1.70 bits per heavy atom. The third-order valence-electron chi connectivity index (χ3n) is 6.90. The molecule has 0 aromatic heterocycles. The van der Waals surface area contributed by atoms with Crippen LogP contribution in [-0.4, -0.2) is 36.2 Å². The van der Waals surface area contributed by atoms with Crippen molar-refractivity contribution in [3.63, 3.8) is 0 Å². The number of fused-ring (bicyclic) bond motifs is 1. The van der Waals surface area contributed by atoms with E-state index in [2.05, 4.69) is 25.2 Å². The number of anilines is 1. The van der Waals surface area contributed by atoms with Gasteiger partial charge in [0.1, 0.15) is 5.54 Å². The summed E-state index contributed by atoms with van der Waals surface area (Å²) < 4.78 is 0. The second-order valence-corrected chi connectivity index (χ2v) is 9.39. The average Bonchev–Trinajstić information content (AvgIpc) is 3.16. The van der Waals surface area contributed by atoms with Crippen molar-refractivity contribution in [2.24, 2.45) is 0 Å². The zero-order chi connectivity index (χ0) is 23.8. The molecule has 3 amide bonds. The summed E-state index contributed by atoms with van der Waals surface area (Å²) in [5.41, 5.74) is 2.32. The molecule has 1 saturated heterocycles. The number of benzene rings is 2. The summed E-state index contributed by atoms with van der Waals surface area (Å²) in [4.78, 5) is 42.6. The highest BCUT2D eigenvalue weighted by molar-refractivity contribution is 6.10. The number of hydrogen-bond donors (Lipinski definition) is 1. The summed E-state index contributed by atoms with van der Waals surface area (Å²) in [6.07, 6.45) is 3.75. The number of hydrogen-bond acceptors (Lipinski definition) is 4. The third kappa shape index (κ3) is 3.73. The van der Waals surface area contributed by atoms with Gasteiger partial charge in [0.2, 0.25) is 0 Å². The van der Waals surface area contributed by atoms with E-state index in [0.29, 0.717) is 6.42 Å². The summed E-state index contributed by atoms with van der Waals surface area (Å²) in [6, 6.07) is 16.8. The van der Waals surface area contributed by atoms with Crippen LogP contribution in [0, 0.1) is 0 Å². The molecule has 33 heavy (non-hydrogen) atoms. The molecule has 6 heteroatoms. The van der Waals surface area contributed by atoms with Crippen LogP contribution < -0.4 is 10.2 Å². The lowest BCUT2D eigenvalue weighted by molar-refractivity contribution is -0.134. The number of para-hydroxylation sites is 1. The Labute approximate surface area is 195 Å². The molecule has 0 bridgehead atoms. The number of allylic oxidation sites excluding steroid dienone is 1. The maximum atomic E-state index is 13.5. The Bertz CT molecular complexity index is 1120. The standard InChI is InChI=1S/C27H31N3O3/c1-5-6-16-27(19-12-8-7-9-13-19)24(32)30(25(33)28-27)18-20(31)17-23-26(2,3)21-14-10-11-15-22(21)29(23)4/h7-15,17H,5-6,16,18H2,1-4H3,(H,28,33)/b23-17-. The van der Waals surface area contributed by atoms with Crippen LogP contribution in [0.4, 0.5) is 10.5 Å². The molecule has 0 aliphatic carbocycles. The second kappa shape index (κ2) is 8.50. The number of nitrogens with one attached hydrogen (secondary N) is 1. The van der Waals surface area contributed by atoms with Crippen LogP contribution in [-0.2, 0) is 20.5 Å². The van der Waals surface area contributed by atoms with Crippen molar-refractivity contribution < 1.29 is 14.4 Å². The molecule has 0 saturated carbocycles. The Morgan fingerprint density at radius 3 is 2.36 bits per heavy atom. The molecule has 2 aliphatic heterocycles. The summed E-state index contributed by atoms with van der Waals surface area (Å²) in [6.45, 7) is 5.92. The van der Waals surface area contributed by atoms with E-state index in [1.807, 2.05) is 67.4 Å². The quantitative estimate of drug-likeness (QED) is 0.503. The first kappa shape index (κ1) is 22.8. The molecule has 2 heterocycles. The van der Waals surface area contributed by atoms with Gasteiger partial charge in [0.25, 0.3) is 5.91 Å². The molecule has 2 aromatic carbocycles. The predicted octanol–water partition coefficient (Wildman–Crippen LogP) is 4.50. The van der Waals surface area contributed by atoms with Gasteiger partial charge in [-0.3, -0.25) is 14.5 Å². The van der Waals surface area contributed by atoms with Gasteiger partial charge in [0.15, 0.2) is 5.78 Å². The Morgan fingerprint density at radius 1 is 1.03 bits per heavy atom.